The maximum atomic E-state index is 14.4. The van der Waals surface area contributed by atoms with E-state index < -0.39 is 23.4 Å². The summed E-state index contributed by atoms with van der Waals surface area (Å²) in [5.74, 6) is -3.26. The Kier molecular flexibility index (Phi) is 7.04. The summed E-state index contributed by atoms with van der Waals surface area (Å²) in [7, 11) is 0. The highest BCUT2D eigenvalue weighted by Crippen LogP contribution is 2.29. The number of carbonyl (C=O) groups excluding carboxylic acids is 1. The van der Waals surface area contributed by atoms with Crippen molar-refractivity contribution in [1.82, 2.24) is 9.97 Å². The van der Waals surface area contributed by atoms with Crippen LogP contribution in [0.25, 0.3) is 11.4 Å². The first-order valence-electron chi connectivity index (χ1n) is 9.57. The summed E-state index contributed by atoms with van der Waals surface area (Å²) in [4.78, 5) is 21.7. The lowest BCUT2D eigenvalue weighted by Crippen LogP contribution is -2.09. The Morgan fingerprint density at radius 3 is 2.34 bits per heavy atom. The Labute approximate surface area is 172 Å². The monoisotopic (exact) mass is 416 g/mol. The maximum absolute atomic E-state index is 14.4. The molecule has 4 nitrogen and oxygen atoms in total. The third-order valence-corrected chi connectivity index (χ3v) is 5.40. The van der Waals surface area contributed by atoms with Gasteiger partial charge in [-0.1, -0.05) is 26.2 Å². The quantitative estimate of drug-likeness (QED) is 0.252. The van der Waals surface area contributed by atoms with E-state index in [1.807, 2.05) is 6.92 Å². The second kappa shape index (κ2) is 9.69. The van der Waals surface area contributed by atoms with E-state index in [0.29, 0.717) is 0 Å². The molecule has 0 aliphatic rings. The number of ether oxygens (including phenoxy) is 1. The highest BCUT2D eigenvalue weighted by atomic mass is 32.1. The Morgan fingerprint density at radius 1 is 1.07 bits per heavy atom. The molecule has 0 radical (unpaired) electrons. The zero-order valence-corrected chi connectivity index (χ0v) is 17.2. The fourth-order valence-electron chi connectivity index (χ4n) is 2.86. The molecule has 0 aliphatic carbocycles. The Hall–Kier alpha value is -2.67. The average molecular weight is 416 g/mol. The molecule has 29 heavy (non-hydrogen) atoms. The van der Waals surface area contributed by atoms with Gasteiger partial charge in [0.15, 0.2) is 17.5 Å². The lowest BCUT2D eigenvalue weighted by atomic mass is 10.1. The van der Waals surface area contributed by atoms with Crippen LogP contribution in [0.1, 0.15) is 52.7 Å². The Balaban J connectivity index is 1.72. The van der Waals surface area contributed by atoms with Gasteiger partial charge in [0.05, 0.1) is 0 Å². The van der Waals surface area contributed by atoms with Gasteiger partial charge in [0.1, 0.15) is 4.88 Å². The van der Waals surface area contributed by atoms with E-state index in [2.05, 4.69) is 16.9 Å². The molecule has 0 saturated heterocycles. The standard InChI is InChI=1S/C22H22F2N2O2S/c1-3-4-5-6-7-15-12-25-21(26-13-15)16-10-17(23)20(18(24)11-16)28-22(27)19-9-8-14(2)29-19/h8-13H,3-7H2,1-2H3. The zero-order chi connectivity index (χ0) is 20.8. The minimum Gasteiger partial charge on any atom is -0.416 e. The van der Waals surface area contributed by atoms with Crippen molar-refractivity contribution in [3.8, 4) is 17.1 Å². The number of esters is 1. The van der Waals surface area contributed by atoms with Crippen molar-refractivity contribution in [2.45, 2.75) is 46.0 Å². The van der Waals surface area contributed by atoms with E-state index in [9.17, 15) is 13.6 Å². The van der Waals surface area contributed by atoms with Crippen LogP contribution in [0.5, 0.6) is 5.75 Å². The van der Waals surface area contributed by atoms with Crippen LogP contribution in [0.15, 0.2) is 36.7 Å². The molecule has 1 aromatic carbocycles. The molecule has 0 N–H and O–H groups in total. The van der Waals surface area contributed by atoms with Crippen molar-refractivity contribution in [2.24, 2.45) is 0 Å². The topological polar surface area (TPSA) is 52.1 Å². The number of carbonyl (C=O) groups is 1. The fraction of sp³-hybridized carbons (Fsp3) is 0.318. The smallest absolute Gasteiger partial charge is 0.353 e. The van der Waals surface area contributed by atoms with Crippen LogP contribution in [-0.2, 0) is 6.42 Å². The number of hydrogen-bond donors (Lipinski definition) is 0. The largest absolute Gasteiger partial charge is 0.416 e. The number of nitrogens with zero attached hydrogens (tertiary/aromatic N) is 2. The molecule has 0 aliphatic heterocycles. The summed E-state index contributed by atoms with van der Waals surface area (Å²) in [6, 6.07) is 5.44. The van der Waals surface area contributed by atoms with E-state index in [4.69, 9.17) is 4.74 Å². The minimum absolute atomic E-state index is 0.185. The molecule has 0 atom stereocenters. The van der Waals surface area contributed by atoms with Crippen LogP contribution >= 0.6 is 11.3 Å². The van der Waals surface area contributed by atoms with E-state index in [1.165, 1.54) is 24.2 Å². The Morgan fingerprint density at radius 2 is 1.76 bits per heavy atom. The van der Waals surface area contributed by atoms with Crippen LogP contribution in [0, 0.1) is 18.6 Å². The summed E-state index contributed by atoms with van der Waals surface area (Å²) in [6.07, 6.45) is 8.81. The van der Waals surface area contributed by atoms with Crippen molar-refractivity contribution in [3.63, 3.8) is 0 Å². The molecule has 152 valence electrons. The number of halogens is 2. The van der Waals surface area contributed by atoms with Gasteiger partial charge in [-0.05, 0) is 49.6 Å². The summed E-state index contributed by atoms with van der Waals surface area (Å²) in [6.45, 7) is 3.99. The van der Waals surface area contributed by atoms with Gasteiger partial charge in [-0.2, -0.15) is 0 Å². The van der Waals surface area contributed by atoms with Gasteiger partial charge in [0.2, 0.25) is 5.75 Å². The molecular weight excluding hydrogens is 394 g/mol. The lowest BCUT2D eigenvalue weighted by Gasteiger charge is -2.08. The van der Waals surface area contributed by atoms with Crippen molar-refractivity contribution in [3.05, 3.63) is 63.6 Å². The summed E-state index contributed by atoms with van der Waals surface area (Å²) < 4.78 is 33.8. The van der Waals surface area contributed by atoms with Crippen LogP contribution in [-0.4, -0.2) is 15.9 Å². The zero-order valence-electron chi connectivity index (χ0n) is 16.4. The highest BCUT2D eigenvalue weighted by molar-refractivity contribution is 7.13. The van der Waals surface area contributed by atoms with E-state index in [-0.39, 0.29) is 16.3 Å². The van der Waals surface area contributed by atoms with Crippen molar-refractivity contribution >= 4 is 17.3 Å². The second-order valence-electron chi connectivity index (χ2n) is 6.79. The first-order chi connectivity index (χ1) is 14.0. The normalized spacial score (nSPS) is 10.9. The van der Waals surface area contributed by atoms with Gasteiger partial charge in [-0.15, -0.1) is 11.3 Å². The summed E-state index contributed by atoms with van der Waals surface area (Å²) in [5, 5.41) is 0. The SMILES string of the molecule is CCCCCCc1cnc(-c2cc(F)c(OC(=O)c3ccc(C)s3)c(F)c2)nc1. The molecule has 0 amide bonds. The van der Waals surface area contributed by atoms with E-state index in [0.717, 1.165) is 41.8 Å². The highest BCUT2D eigenvalue weighted by Gasteiger charge is 2.20. The van der Waals surface area contributed by atoms with Gasteiger partial charge in [0.25, 0.3) is 0 Å². The molecule has 2 aromatic heterocycles. The lowest BCUT2D eigenvalue weighted by molar-refractivity contribution is 0.0725. The first-order valence-corrected chi connectivity index (χ1v) is 10.4. The molecule has 3 rings (SSSR count). The third kappa shape index (κ3) is 5.44. The van der Waals surface area contributed by atoms with Crippen molar-refractivity contribution in [1.29, 1.82) is 0 Å². The first kappa shape index (κ1) is 21.0. The van der Waals surface area contributed by atoms with Crippen LogP contribution < -0.4 is 4.74 Å². The van der Waals surface area contributed by atoms with E-state index in [1.54, 1.807) is 24.5 Å². The van der Waals surface area contributed by atoms with Crippen molar-refractivity contribution < 1.29 is 18.3 Å². The van der Waals surface area contributed by atoms with Crippen molar-refractivity contribution in [2.75, 3.05) is 0 Å². The molecule has 0 saturated carbocycles. The number of aromatic nitrogens is 2. The molecule has 0 spiro atoms. The predicted octanol–water partition coefficient (Wildman–Crippen LogP) is 6.13. The third-order valence-electron chi connectivity index (χ3n) is 4.42. The fourth-order valence-corrected chi connectivity index (χ4v) is 3.61. The summed E-state index contributed by atoms with van der Waals surface area (Å²) >= 11 is 1.20. The minimum atomic E-state index is -0.978. The van der Waals surface area contributed by atoms with Gasteiger partial charge in [0, 0.05) is 22.8 Å². The molecule has 3 aromatic rings. The number of unbranched alkanes of at least 4 members (excludes halogenated alkanes) is 3. The molecule has 0 unspecified atom stereocenters. The van der Waals surface area contributed by atoms with Crippen LogP contribution in [0.3, 0.4) is 0 Å². The number of hydrogen-bond acceptors (Lipinski definition) is 5. The number of thiophene rings is 1. The maximum Gasteiger partial charge on any atom is 0.353 e. The molecular formula is C22H22F2N2O2S. The van der Waals surface area contributed by atoms with Gasteiger partial charge < -0.3 is 4.74 Å². The Bertz CT molecular complexity index is 964. The van der Waals surface area contributed by atoms with Crippen LogP contribution in [0.4, 0.5) is 8.78 Å². The average Bonchev–Trinajstić information content (AvgIpc) is 3.15. The predicted molar refractivity (Wildman–Crippen MR) is 109 cm³/mol. The van der Waals surface area contributed by atoms with Crippen LogP contribution in [0.2, 0.25) is 0 Å². The number of rotatable bonds is 8. The second-order valence-corrected chi connectivity index (χ2v) is 8.08. The summed E-state index contributed by atoms with van der Waals surface area (Å²) in [5.41, 5.74) is 1.17. The van der Waals surface area contributed by atoms with Gasteiger partial charge in [-0.25, -0.2) is 23.5 Å². The molecule has 0 fully saturated rings. The number of aryl methyl sites for hydroxylation is 2. The van der Waals surface area contributed by atoms with E-state index >= 15 is 0 Å². The molecule has 0 bridgehead atoms. The number of benzene rings is 1. The van der Waals surface area contributed by atoms with Gasteiger partial charge >= 0.3 is 5.97 Å². The molecule has 2 heterocycles. The van der Waals surface area contributed by atoms with Gasteiger partial charge in [-0.3, -0.25) is 0 Å². The molecule has 7 heteroatoms.